The number of anilines is 1. The second-order valence-electron chi connectivity index (χ2n) is 6.18. The topological polar surface area (TPSA) is 74.7 Å². The highest BCUT2D eigenvalue weighted by atomic mass is 35.5. The first-order valence-electron chi connectivity index (χ1n) is 8.71. The molecule has 1 aromatic rings. The van der Waals surface area contributed by atoms with Crippen LogP contribution < -0.4 is 4.90 Å². The molecule has 5 nitrogen and oxygen atoms in total. The van der Waals surface area contributed by atoms with Crippen molar-refractivity contribution < 1.29 is 19.5 Å². The lowest BCUT2D eigenvalue weighted by Gasteiger charge is -2.25. The van der Waals surface area contributed by atoms with Crippen molar-refractivity contribution in [3.8, 4) is 0 Å². The molecule has 0 aliphatic carbocycles. The molecule has 0 aromatic heterocycles. The van der Waals surface area contributed by atoms with E-state index in [1.165, 1.54) is 4.90 Å². The zero-order chi connectivity index (χ0) is 19.7. The molecule has 0 atom stereocenters. The molecule has 144 valence electrons. The second kappa shape index (κ2) is 11.2. The van der Waals surface area contributed by atoms with Gasteiger partial charge in [0.25, 0.3) is 0 Å². The Bertz CT molecular complexity index is 663. The van der Waals surface area contributed by atoms with Crippen molar-refractivity contribution in [1.29, 1.82) is 0 Å². The molecule has 0 saturated heterocycles. The van der Waals surface area contributed by atoms with E-state index in [2.05, 4.69) is 6.92 Å². The number of thioether (sulfide) groups is 1. The highest BCUT2D eigenvalue weighted by Crippen LogP contribution is 2.31. The van der Waals surface area contributed by atoms with E-state index in [1.54, 1.807) is 26.0 Å². The van der Waals surface area contributed by atoms with E-state index in [-0.39, 0.29) is 10.9 Å². The van der Waals surface area contributed by atoms with Gasteiger partial charge in [-0.2, -0.15) is 0 Å². The first-order chi connectivity index (χ1) is 12.3. The number of nitrogens with zero attached hydrogens (tertiary/aromatic N) is 1. The molecule has 7 heteroatoms. The lowest BCUT2D eigenvalue weighted by atomic mass is 10.1. The average molecular weight is 400 g/mol. The van der Waals surface area contributed by atoms with E-state index in [4.69, 9.17) is 11.6 Å². The first-order valence-corrected chi connectivity index (χ1v) is 10.1. The van der Waals surface area contributed by atoms with Gasteiger partial charge in [0, 0.05) is 11.4 Å². The Morgan fingerprint density at radius 3 is 2.46 bits per heavy atom. The molecule has 0 spiro atoms. The lowest BCUT2D eigenvalue weighted by Crippen LogP contribution is -2.38. The maximum atomic E-state index is 12.6. The van der Waals surface area contributed by atoms with Crippen molar-refractivity contribution in [3.63, 3.8) is 0 Å². The summed E-state index contributed by atoms with van der Waals surface area (Å²) in [5, 5.41) is 9.62. The van der Waals surface area contributed by atoms with Gasteiger partial charge in [-0.05, 0) is 37.5 Å². The van der Waals surface area contributed by atoms with E-state index < -0.39 is 18.4 Å². The Hall–Kier alpha value is -1.53. The van der Waals surface area contributed by atoms with Crippen molar-refractivity contribution in [2.45, 2.75) is 52.9 Å². The molecule has 0 bridgehead atoms. The van der Waals surface area contributed by atoms with Gasteiger partial charge in [-0.3, -0.25) is 19.3 Å². The van der Waals surface area contributed by atoms with E-state index in [1.807, 2.05) is 0 Å². The number of carboxylic acid groups (broad SMARTS) is 1. The molecule has 0 heterocycles. The van der Waals surface area contributed by atoms with Crippen molar-refractivity contribution >= 4 is 46.0 Å². The highest BCUT2D eigenvalue weighted by molar-refractivity contribution is 8.14. The molecule has 1 amide bonds. The predicted octanol–water partition coefficient (Wildman–Crippen LogP) is 4.60. The van der Waals surface area contributed by atoms with Crippen LogP contribution >= 0.6 is 23.4 Å². The Kier molecular flexibility index (Phi) is 9.73. The summed E-state index contributed by atoms with van der Waals surface area (Å²) in [5.74, 6) is -1.61. The summed E-state index contributed by atoms with van der Waals surface area (Å²) in [6, 6.07) is 3.46. The van der Waals surface area contributed by atoms with Crippen LogP contribution in [-0.4, -0.2) is 34.4 Å². The van der Waals surface area contributed by atoms with E-state index in [0.717, 1.165) is 43.0 Å². The van der Waals surface area contributed by atoms with Crippen molar-refractivity contribution in [2.24, 2.45) is 0 Å². The number of hydrogen-bond donors (Lipinski definition) is 1. The van der Waals surface area contributed by atoms with E-state index >= 15 is 0 Å². The van der Waals surface area contributed by atoms with Crippen LogP contribution in [0, 0.1) is 13.8 Å². The minimum absolute atomic E-state index is 0.0377. The summed E-state index contributed by atoms with van der Waals surface area (Å²) < 4.78 is 0. The SMILES string of the molecule is CCCCCCC(=O)SCC(=O)N(CC(=O)O)c1c(C)ccc(Cl)c1C. The summed E-state index contributed by atoms with van der Waals surface area (Å²) >= 11 is 7.09. The molecule has 26 heavy (non-hydrogen) atoms. The summed E-state index contributed by atoms with van der Waals surface area (Å²) in [6.07, 6.45) is 4.45. The van der Waals surface area contributed by atoms with Gasteiger partial charge >= 0.3 is 5.97 Å². The van der Waals surface area contributed by atoms with Crippen LogP contribution in [0.4, 0.5) is 5.69 Å². The van der Waals surface area contributed by atoms with Crippen LogP contribution in [0.25, 0.3) is 0 Å². The molecule has 1 N–H and O–H groups in total. The third-order valence-corrected chi connectivity index (χ3v) is 5.35. The van der Waals surface area contributed by atoms with Crippen LogP contribution in [0.1, 0.15) is 50.2 Å². The van der Waals surface area contributed by atoms with Gasteiger partial charge in [-0.15, -0.1) is 0 Å². The quantitative estimate of drug-likeness (QED) is 0.581. The number of benzene rings is 1. The van der Waals surface area contributed by atoms with Crippen LogP contribution in [-0.2, 0) is 14.4 Å². The van der Waals surface area contributed by atoms with E-state index in [9.17, 15) is 19.5 Å². The maximum absolute atomic E-state index is 12.6. The van der Waals surface area contributed by atoms with Crippen LogP contribution in [0.5, 0.6) is 0 Å². The van der Waals surface area contributed by atoms with Gasteiger partial charge in [0.15, 0.2) is 5.12 Å². The molecule has 0 unspecified atom stereocenters. The van der Waals surface area contributed by atoms with Gasteiger partial charge in [-0.25, -0.2) is 0 Å². The molecule has 0 fully saturated rings. The lowest BCUT2D eigenvalue weighted by molar-refractivity contribution is -0.136. The van der Waals surface area contributed by atoms with Gasteiger partial charge in [0.1, 0.15) is 6.54 Å². The third-order valence-electron chi connectivity index (χ3n) is 4.02. The molecule has 1 rings (SSSR count). The number of amides is 1. The van der Waals surface area contributed by atoms with Gasteiger partial charge < -0.3 is 5.11 Å². The minimum atomic E-state index is -1.12. The van der Waals surface area contributed by atoms with Crippen LogP contribution in [0.2, 0.25) is 5.02 Å². The van der Waals surface area contributed by atoms with Gasteiger partial charge in [0.05, 0.1) is 11.4 Å². The van der Waals surface area contributed by atoms with E-state index in [0.29, 0.717) is 22.7 Å². The Labute approximate surface area is 164 Å². The fourth-order valence-electron chi connectivity index (χ4n) is 2.64. The highest BCUT2D eigenvalue weighted by Gasteiger charge is 2.23. The molecule has 0 saturated carbocycles. The number of hydrogen-bond acceptors (Lipinski definition) is 4. The number of carbonyl (C=O) groups is 3. The van der Waals surface area contributed by atoms with Crippen LogP contribution in [0.15, 0.2) is 12.1 Å². The first kappa shape index (κ1) is 22.5. The normalized spacial score (nSPS) is 10.6. The minimum Gasteiger partial charge on any atom is -0.480 e. The van der Waals surface area contributed by atoms with Crippen molar-refractivity contribution in [1.82, 2.24) is 0 Å². The fourth-order valence-corrected chi connectivity index (χ4v) is 3.52. The second-order valence-corrected chi connectivity index (χ2v) is 7.62. The maximum Gasteiger partial charge on any atom is 0.323 e. The Balaban J connectivity index is 2.81. The molecule has 1 aromatic carbocycles. The Morgan fingerprint density at radius 1 is 1.15 bits per heavy atom. The smallest absolute Gasteiger partial charge is 0.323 e. The van der Waals surface area contributed by atoms with Crippen LogP contribution in [0.3, 0.4) is 0 Å². The van der Waals surface area contributed by atoms with Crippen molar-refractivity contribution in [2.75, 3.05) is 17.2 Å². The third kappa shape index (κ3) is 7.00. The molecular weight excluding hydrogens is 374 g/mol. The fraction of sp³-hybridized carbons (Fsp3) is 0.526. The predicted molar refractivity (Wildman–Crippen MR) is 107 cm³/mol. The zero-order valence-corrected chi connectivity index (χ0v) is 17.1. The zero-order valence-electron chi connectivity index (χ0n) is 15.5. The summed E-state index contributed by atoms with van der Waals surface area (Å²) in [4.78, 5) is 37.0. The largest absolute Gasteiger partial charge is 0.480 e. The van der Waals surface area contributed by atoms with Gasteiger partial charge in [0.2, 0.25) is 5.91 Å². The summed E-state index contributed by atoms with van der Waals surface area (Å²) in [7, 11) is 0. The standard InChI is InChI=1S/C19H26ClNO4S/c1-4-5-6-7-8-18(25)26-12-16(22)21(11-17(23)24)19-13(2)9-10-15(20)14(19)3/h9-10H,4-8,11-12H2,1-3H3,(H,23,24). The number of aliphatic carboxylic acids is 1. The molecule has 0 aliphatic heterocycles. The van der Waals surface area contributed by atoms with Crippen molar-refractivity contribution in [3.05, 3.63) is 28.3 Å². The number of carboxylic acids is 1. The molecule has 0 aliphatic rings. The number of unbranched alkanes of at least 4 members (excludes halogenated alkanes) is 3. The molecule has 0 radical (unpaired) electrons. The summed E-state index contributed by atoms with van der Waals surface area (Å²) in [5.41, 5.74) is 1.91. The number of halogens is 1. The number of carbonyl (C=O) groups excluding carboxylic acids is 2. The Morgan fingerprint density at radius 2 is 1.85 bits per heavy atom. The number of rotatable bonds is 10. The average Bonchev–Trinajstić information content (AvgIpc) is 2.59. The molecular formula is C19H26ClNO4S. The monoisotopic (exact) mass is 399 g/mol. The summed E-state index contributed by atoms with van der Waals surface area (Å²) in [6.45, 7) is 5.18. The van der Waals surface area contributed by atoms with Gasteiger partial charge in [-0.1, -0.05) is 55.6 Å². The number of aryl methyl sites for hydroxylation is 1.